The maximum Gasteiger partial charge on any atom is 0.491 e. The first-order valence-electron chi connectivity index (χ1n) is 4.74. The Morgan fingerprint density at radius 2 is 2.07 bits per heavy atom. The molecule has 1 aliphatic rings. The molecule has 1 aromatic heterocycles. The number of hydrogen-bond acceptors (Lipinski definition) is 5. The van der Waals surface area contributed by atoms with Crippen molar-refractivity contribution in [1.82, 2.24) is 9.97 Å². The zero-order chi connectivity index (χ0) is 10.8. The van der Waals surface area contributed by atoms with Crippen LogP contribution in [0.5, 0.6) is 0 Å². The lowest BCUT2D eigenvalue weighted by Gasteiger charge is -2.14. The van der Waals surface area contributed by atoms with Crippen molar-refractivity contribution >= 4 is 18.5 Å². The Balaban J connectivity index is 2.10. The zero-order valence-electron chi connectivity index (χ0n) is 8.04. The Bertz CT molecular complexity index is 335. The van der Waals surface area contributed by atoms with E-state index in [4.69, 9.17) is 10.0 Å². The highest BCUT2D eigenvalue weighted by Crippen LogP contribution is 2.16. The molecule has 1 aromatic rings. The lowest BCUT2D eigenvalue weighted by atomic mass is 9.83. The molecule has 5 nitrogen and oxygen atoms in total. The van der Waals surface area contributed by atoms with Crippen LogP contribution in [-0.4, -0.2) is 46.4 Å². The van der Waals surface area contributed by atoms with Crippen LogP contribution in [0, 0.1) is 0 Å². The Labute approximate surface area is 86.7 Å². The van der Waals surface area contributed by atoms with Crippen LogP contribution in [0.4, 0.5) is 10.3 Å². The molecule has 2 N–H and O–H groups in total. The van der Waals surface area contributed by atoms with Gasteiger partial charge in [-0.15, -0.1) is 0 Å². The van der Waals surface area contributed by atoms with E-state index in [0.717, 1.165) is 0 Å². The monoisotopic (exact) mass is 211 g/mol. The number of anilines is 1. The molecule has 2 heterocycles. The van der Waals surface area contributed by atoms with E-state index in [-0.39, 0.29) is 5.46 Å². The summed E-state index contributed by atoms with van der Waals surface area (Å²) in [7, 11) is -1.56. The minimum absolute atomic E-state index is 0.231. The van der Waals surface area contributed by atoms with Gasteiger partial charge < -0.3 is 14.9 Å². The van der Waals surface area contributed by atoms with Crippen molar-refractivity contribution in [3.05, 3.63) is 12.4 Å². The first-order chi connectivity index (χ1) is 7.16. The molecule has 0 aromatic carbocycles. The Morgan fingerprint density at radius 1 is 1.40 bits per heavy atom. The van der Waals surface area contributed by atoms with E-state index < -0.39 is 13.3 Å². The Kier molecular flexibility index (Phi) is 2.83. The van der Waals surface area contributed by atoms with E-state index in [1.807, 2.05) is 0 Å². The van der Waals surface area contributed by atoms with Crippen LogP contribution in [0.3, 0.4) is 0 Å². The topological polar surface area (TPSA) is 69.5 Å². The average molecular weight is 211 g/mol. The van der Waals surface area contributed by atoms with Crippen LogP contribution in [0.15, 0.2) is 12.4 Å². The van der Waals surface area contributed by atoms with Crippen molar-refractivity contribution in [2.24, 2.45) is 0 Å². The smallest absolute Gasteiger partial charge is 0.423 e. The molecule has 0 saturated carbocycles. The van der Waals surface area contributed by atoms with Gasteiger partial charge in [-0.2, -0.15) is 0 Å². The SMILES string of the molecule is OB(O)c1cnc(N2CC[C@H](F)C2)nc1. The van der Waals surface area contributed by atoms with Crippen LogP contribution in [0.25, 0.3) is 0 Å². The van der Waals surface area contributed by atoms with Gasteiger partial charge in [0.2, 0.25) is 5.95 Å². The van der Waals surface area contributed by atoms with Crippen molar-refractivity contribution < 1.29 is 14.4 Å². The van der Waals surface area contributed by atoms with E-state index in [9.17, 15) is 4.39 Å². The Morgan fingerprint density at radius 3 is 2.53 bits per heavy atom. The predicted molar refractivity (Wildman–Crippen MR) is 53.6 cm³/mol. The predicted octanol–water partition coefficient (Wildman–Crippen LogP) is -1.30. The average Bonchev–Trinajstić information content (AvgIpc) is 2.65. The standard InChI is InChI=1S/C8H11BFN3O2/c10-7-1-2-13(5-7)8-11-3-6(4-12-8)9(14)15/h3-4,7,14-15H,1-2,5H2/t7-/m0/s1. The van der Waals surface area contributed by atoms with Crippen molar-refractivity contribution in [2.75, 3.05) is 18.0 Å². The number of rotatable bonds is 2. The summed E-state index contributed by atoms with van der Waals surface area (Å²) in [6.07, 6.45) is 2.34. The van der Waals surface area contributed by atoms with Crippen LogP contribution in [0.1, 0.15) is 6.42 Å². The molecule has 0 radical (unpaired) electrons. The number of hydrogen-bond donors (Lipinski definition) is 2. The van der Waals surface area contributed by atoms with E-state index in [2.05, 4.69) is 9.97 Å². The molecule has 1 aliphatic heterocycles. The highest BCUT2D eigenvalue weighted by molar-refractivity contribution is 6.58. The van der Waals surface area contributed by atoms with E-state index in [1.54, 1.807) is 4.90 Å². The quantitative estimate of drug-likeness (QED) is 0.595. The maximum absolute atomic E-state index is 12.9. The number of nitrogens with zero attached hydrogens (tertiary/aromatic N) is 3. The largest absolute Gasteiger partial charge is 0.491 e. The van der Waals surface area contributed by atoms with Gasteiger partial charge in [0.25, 0.3) is 0 Å². The summed E-state index contributed by atoms with van der Waals surface area (Å²) in [5.41, 5.74) is 0.231. The van der Waals surface area contributed by atoms with Crippen molar-refractivity contribution in [1.29, 1.82) is 0 Å². The lowest BCUT2D eigenvalue weighted by Crippen LogP contribution is -2.32. The highest BCUT2D eigenvalue weighted by atomic mass is 19.1. The highest BCUT2D eigenvalue weighted by Gasteiger charge is 2.24. The van der Waals surface area contributed by atoms with Crippen molar-refractivity contribution in [3.63, 3.8) is 0 Å². The molecule has 15 heavy (non-hydrogen) atoms. The van der Waals surface area contributed by atoms with Crippen LogP contribution >= 0.6 is 0 Å². The van der Waals surface area contributed by atoms with Gasteiger partial charge in [0.05, 0.1) is 6.54 Å². The molecule has 0 aliphatic carbocycles. The van der Waals surface area contributed by atoms with Gasteiger partial charge in [0.1, 0.15) is 6.17 Å². The third kappa shape index (κ3) is 2.24. The van der Waals surface area contributed by atoms with Crippen LogP contribution < -0.4 is 10.4 Å². The number of alkyl halides is 1. The minimum atomic E-state index is -1.56. The zero-order valence-corrected chi connectivity index (χ0v) is 8.04. The van der Waals surface area contributed by atoms with Gasteiger partial charge in [-0.25, -0.2) is 14.4 Å². The summed E-state index contributed by atoms with van der Waals surface area (Å²) < 4.78 is 12.9. The first-order valence-corrected chi connectivity index (χ1v) is 4.74. The molecule has 0 unspecified atom stereocenters. The Hall–Kier alpha value is -1.21. The van der Waals surface area contributed by atoms with E-state index in [1.165, 1.54) is 12.4 Å². The number of aromatic nitrogens is 2. The van der Waals surface area contributed by atoms with Gasteiger partial charge in [0, 0.05) is 24.4 Å². The molecule has 0 amide bonds. The fourth-order valence-electron chi connectivity index (χ4n) is 1.53. The second-order valence-electron chi connectivity index (χ2n) is 3.52. The third-order valence-corrected chi connectivity index (χ3v) is 2.37. The first kappa shape index (κ1) is 10.3. The van der Waals surface area contributed by atoms with Crippen molar-refractivity contribution in [2.45, 2.75) is 12.6 Å². The molecule has 7 heteroatoms. The summed E-state index contributed by atoms with van der Waals surface area (Å²) in [5.74, 6) is 0.430. The summed E-state index contributed by atoms with van der Waals surface area (Å²) in [5, 5.41) is 17.6. The lowest BCUT2D eigenvalue weighted by molar-refractivity contribution is 0.364. The van der Waals surface area contributed by atoms with Gasteiger partial charge in [-0.05, 0) is 6.42 Å². The van der Waals surface area contributed by atoms with Gasteiger partial charge in [-0.1, -0.05) is 0 Å². The van der Waals surface area contributed by atoms with E-state index in [0.29, 0.717) is 25.5 Å². The second-order valence-corrected chi connectivity index (χ2v) is 3.52. The third-order valence-electron chi connectivity index (χ3n) is 2.37. The molecule has 1 atom stereocenters. The van der Waals surface area contributed by atoms with Gasteiger partial charge in [0.15, 0.2) is 0 Å². The van der Waals surface area contributed by atoms with E-state index >= 15 is 0 Å². The molecular weight excluding hydrogens is 200 g/mol. The summed E-state index contributed by atoms with van der Waals surface area (Å²) in [6, 6.07) is 0. The normalized spacial score (nSPS) is 20.7. The molecule has 0 spiro atoms. The number of halogens is 1. The van der Waals surface area contributed by atoms with Crippen LogP contribution in [-0.2, 0) is 0 Å². The fourth-order valence-corrected chi connectivity index (χ4v) is 1.53. The summed E-state index contributed by atoms with van der Waals surface area (Å²) in [4.78, 5) is 9.62. The molecule has 80 valence electrons. The van der Waals surface area contributed by atoms with Gasteiger partial charge >= 0.3 is 7.12 Å². The van der Waals surface area contributed by atoms with Crippen LogP contribution in [0.2, 0.25) is 0 Å². The maximum atomic E-state index is 12.9. The minimum Gasteiger partial charge on any atom is -0.423 e. The molecule has 1 saturated heterocycles. The molecule has 2 rings (SSSR count). The molecular formula is C8H11BFN3O2. The summed E-state index contributed by atoms with van der Waals surface area (Å²) in [6.45, 7) is 0.906. The van der Waals surface area contributed by atoms with Crippen molar-refractivity contribution in [3.8, 4) is 0 Å². The van der Waals surface area contributed by atoms with Gasteiger partial charge in [-0.3, -0.25) is 0 Å². The second kappa shape index (κ2) is 4.12. The molecule has 1 fully saturated rings. The fraction of sp³-hybridized carbons (Fsp3) is 0.500. The molecule has 0 bridgehead atoms. The summed E-state index contributed by atoms with van der Waals surface area (Å²) >= 11 is 0.